The molecule has 0 heterocycles. The molecule has 0 saturated carbocycles. The van der Waals surface area contributed by atoms with Crippen LogP contribution in [0.4, 0.5) is 5.69 Å². The van der Waals surface area contributed by atoms with Gasteiger partial charge in [0.05, 0.1) is 0 Å². The number of benzene rings is 1. The number of carboxylic acid groups (broad SMARTS) is 1. The first-order valence-corrected chi connectivity index (χ1v) is 7.63. The molecule has 0 aliphatic carbocycles. The fourth-order valence-electron chi connectivity index (χ4n) is 2.19. The maximum Gasteiger partial charge on any atom is 0.329 e. The maximum atomic E-state index is 11.5. The van der Waals surface area contributed by atoms with E-state index < -0.39 is 11.5 Å². The van der Waals surface area contributed by atoms with Gasteiger partial charge in [0, 0.05) is 10.7 Å². The highest BCUT2D eigenvalue weighted by molar-refractivity contribution is 6.30. The quantitative estimate of drug-likeness (QED) is 0.634. The molecule has 112 valence electrons. The van der Waals surface area contributed by atoms with Crippen LogP contribution in [0.3, 0.4) is 0 Å². The molecule has 0 saturated heterocycles. The van der Waals surface area contributed by atoms with Gasteiger partial charge in [0.15, 0.2) is 0 Å². The summed E-state index contributed by atoms with van der Waals surface area (Å²) in [6, 6.07) is 7.17. The van der Waals surface area contributed by atoms with Crippen LogP contribution in [-0.2, 0) is 4.79 Å². The molecule has 0 bridgehead atoms. The molecule has 0 fully saturated rings. The number of unbranched alkanes of at least 4 members (excludes halogenated alkanes) is 4. The molecule has 3 nitrogen and oxygen atoms in total. The smallest absolute Gasteiger partial charge is 0.329 e. The van der Waals surface area contributed by atoms with E-state index in [-0.39, 0.29) is 0 Å². The second-order valence-electron chi connectivity index (χ2n) is 5.44. The average molecular weight is 298 g/mol. The molecule has 20 heavy (non-hydrogen) atoms. The Bertz CT molecular complexity index is 436. The minimum atomic E-state index is -0.948. The van der Waals surface area contributed by atoms with Gasteiger partial charge in [0.25, 0.3) is 0 Å². The second-order valence-corrected chi connectivity index (χ2v) is 5.87. The summed E-state index contributed by atoms with van der Waals surface area (Å²) in [5, 5.41) is 13.2. The number of carbonyl (C=O) groups is 1. The molecule has 2 N–H and O–H groups in total. The lowest BCUT2D eigenvalue weighted by molar-refractivity contribution is -0.142. The van der Waals surface area contributed by atoms with Crippen LogP contribution >= 0.6 is 11.6 Å². The molecule has 0 aliphatic heterocycles. The van der Waals surface area contributed by atoms with E-state index in [1.54, 1.807) is 19.1 Å². The fourth-order valence-corrected chi connectivity index (χ4v) is 2.38. The average Bonchev–Trinajstić information content (AvgIpc) is 2.38. The molecule has 1 rings (SSSR count). The predicted molar refractivity (Wildman–Crippen MR) is 84.5 cm³/mol. The van der Waals surface area contributed by atoms with Gasteiger partial charge in [-0.3, -0.25) is 0 Å². The van der Waals surface area contributed by atoms with Gasteiger partial charge in [-0.15, -0.1) is 0 Å². The van der Waals surface area contributed by atoms with Gasteiger partial charge in [-0.05, 0) is 31.5 Å². The van der Waals surface area contributed by atoms with E-state index in [0.717, 1.165) is 18.5 Å². The van der Waals surface area contributed by atoms with E-state index in [1.165, 1.54) is 19.3 Å². The van der Waals surface area contributed by atoms with Crippen LogP contribution in [0.25, 0.3) is 0 Å². The lowest BCUT2D eigenvalue weighted by Gasteiger charge is -2.27. The first-order chi connectivity index (χ1) is 9.48. The fraction of sp³-hybridized carbons (Fsp3) is 0.562. The summed E-state index contributed by atoms with van der Waals surface area (Å²) in [6.07, 6.45) is 6.18. The van der Waals surface area contributed by atoms with Crippen molar-refractivity contribution in [3.05, 3.63) is 29.3 Å². The summed E-state index contributed by atoms with van der Waals surface area (Å²) in [4.78, 5) is 11.5. The number of carboxylic acids is 1. The molecule has 0 radical (unpaired) electrons. The Kier molecular flexibility index (Phi) is 6.86. The zero-order chi connectivity index (χ0) is 15.0. The van der Waals surface area contributed by atoms with Gasteiger partial charge in [-0.1, -0.05) is 56.7 Å². The second kappa shape index (κ2) is 8.15. The zero-order valence-electron chi connectivity index (χ0n) is 12.3. The molecule has 0 aliphatic rings. The molecule has 1 atom stereocenters. The van der Waals surface area contributed by atoms with Crippen LogP contribution in [0.2, 0.25) is 5.02 Å². The Morgan fingerprint density at radius 2 is 2.00 bits per heavy atom. The summed E-state index contributed by atoms with van der Waals surface area (Å²) >= 11 is 5.93. The summed E-state index contributed by atoms with van der Waals surface area (Å²) < 4.78 is 0. The van der Waals surface area contributed by atoms with Gasteiger partial charge in [-0.2, -0.15) is 0 Å². The summed E-state index contributed by atoms with van der Waals surface area (Å²) in [5.41, 5.74) is -0.201. The van der Waals surface area contributed by atoms with Crippen LogP contribution in [-0.4, -0.2) is 16.6 Å². The zero-order valence-corrected chi connectivity index (χ0v) is 13.0. The monoisotopic (exact) mass is 297 g/mol. The number of aliphatic carboxylic acids is 1. The van der Waals surface area contributed by atoms with Crippen molar-refractivity contribution in [3.8, 4) is 0 Å². The van der Waals surface area contributed by atoms with Crippen LogP contribution in [0.1, 0.15) is 52.4 Å². The third kappa shape index (κ3) is 5.41. The van der Waals surface area contributed by atoms with Crippen molar-refractivity contribution in [2.45, 2.75) is 57.9 Å². The van der Waals surface area contributed by atoms with Crippen molar-refractivity contribution in [1.82, 2.24) is 0 Å². The number of halogens is 1. The van der Waals surface area contributed by atoms with Crippen molar-refractivity contribution in [3.63, 3.8) is 0 Å². The Morgan fingerprint density at radius 3 is 2.60 bits per heavy atom. The highest BCUT2D eigenvalue weighted by atomic mass is 35.5. The van der Waals surface area contributed by atoms with Crippen molar-refractivity contribution in [2.24, 2.45) is 0 Å². The topological polar surface area (TPSA) is 49.3 Å². The molecular weight excluding hydrogens is 274 g/mol. The SMILES string of the molecule is CCCCCCCC(C)(Nc1cccc(Cl)c1)C(=O)O. The normalized spacial score (nSPS) is 13.8. The number of hydrogen-bond acceptors (Lipinski definition) is 2. The first kappa shape index (κ1) is 16.8. The maximum absolute atomic E-state index is 11.5. The van der Waals surface area contributed by atoms with Crippen LogP contribution < -0.4 is 5.32 Å². The summed E-state index contributed by atoms with van der Waals surface area (Å²) in [7, 11) is 0. The van der Waals surface area contributed by atoms with Gasteiger partial charge in [-0.25, -0.2) is 4.79 Å². The number of nitrogens with one attached hydrogen (secondary N) is 1. The number of rotatable bonds is 9. The summed E-state index contributed by atoms with van der Waals surface area (Å²) in [6.45, 7) is 3.90. The standard InChI is InChI=1S/C16H24ClNO2/c1-3-4-5-6-7-11-16(2,15(19)20)18-14-10-8-9-13(17)12-14/h8-10,12,18H,3-7,11H2,1-2H3,(H,19,20). The highest BCUT2D eigenvalue weighted by Crippen LogP contribution is 2.24. The first-order valence-electron chi connectivity index (χ1n) is 7.25. The van der Waals surface area contributed by atoms with Crippen molar-refractivity contribution in [2.75, 3.05) is 5.32 Å². The lowest BCUT2D eigenvalue weighted by atomic mass is 9.93. The van der Waals surface area contributed by atoms with E-state index in [9.17, 15) is 9.90 Å². The minimum absolute atomic E-state index is 0.602. The van der Waals surface area contributed by atoms with Crippen LogP contribution in [0.5, 0.6) is 0 Å². The Labute approximate surface area is 126 Å². The van der Waals surface area contributed by atoms with Gasteiger partial charge in [0.1, 0.15) is 5.54 Å². The van der Waals surface area contributed by atoms with Crippen molar-refractivity contribution in [1.29, 1.82) is 0 Å². The Balaban J connectivity index is 2.60. The summed E-state index contributed by atoms with van der Waals surface area (Å²) in [5.74, 6) is -0.826. The van der Waals surface area contributed by atoms with Crippen LogP contribution in [0, 0.1) is 0 Å². The van der Waals surface area contributed by atoms with E-state index in [0.29, 0.717) is 11.4 Å². The Morgan fingerprint density at radius 1 is 1.30 bits per heavy atom. The van der Waals surface area contributed by atoms with E-state index >= 15 is 0 Å². The molecule has 1 unspecified atom stereocenters. The largest absolute Gasteiger partial charge is 0.480 e. The lowest BCUT2D eigenvalue weighted by Crippen LogP contribution is -2.43. The third-order valence-corrected chi connectivity index (χ3v) is 3.73. The molecular formula is C16H24ClNO2. The van der Waals surface area contributed by atoms with Crippen LogP contribution in [0.15, 0.2) is 24.3 Å². The molecule has 1 aromatic rings. The van der Waals surface area contributed by atoms with Crippen molar-refractivity contribution < 1.29 is 9.90 Å². The molecule has 4 heteroatoms. The highest BCUT2D eigenvalue weighted by Gasteiger charge is 2.32. The van der Waals surface area contributed by atoms with E-state index in [4.69, 9.17) is 11.6 Å². The minimum Gasteiger partial charge on any atom is -0.480 e. The van der Waals surface area contributed by atoms with E-state index in [1.807, 2.05) is 12.1 Å². The third-order valence-electron chi connectivity index (χ3n) is 3.50. The van der Waals surface area contributed by atoms with E-state index in [2.05, 4.69) is 12.2 Å². The van der Waals surface area contributed by atoms with Gasteiger partial charge in [0.2, 0.25) is 0 Å². The molecule has 0 aromatic heterocycles. The van der Waals surface area contributed by atoms with Gasteiger partial charge >= 0.3 is 5.97 Å². The molecule has 0 amide bonds. The Hall–Kier alpha value is -1.22. The molecule has 0 spiro atoms. The van der Waals surface area contributed by atoms with Crippen molar-refractivity contribution >= 4 is 23.3 Å². The molecule has 1 aromatic carbocycles. The number of hydrogen-bond donors (Lipinski definition) is 2. The predicted octanol–water partition coefficient (Wildman–Crippen LogP) is 4.96. The van der Waals surface area contributed by atoms with Gasteiger partial charge < -0.3 is 10.4 Å². The number of anilines is 1.